The van der Waals surface area contributed by atoms with Gasteiger partial charge in [0.05, 0.1) is 0 Å². The second-order valence-electron chi connectivity index (χ2n) is 7.41. The molecule has 0 heterocycles. The third-order valence-electron chi connectivity index (χ3n) is 3.86. The van der Waals surface area contributed by atoms with E-state index in [2.05, 4.69) is 39.9 Å². The number of unbranched alkanes of at least 4 members (excludes halogenated alkanes) is 7. The van der Waals surface area contributed by atoms with Crippen molar-refractivity contribution >= 4 is 0 Å². The van der Waals surface area contributed by atoms with Crippen LogP contribution in [-0.2, 0) is 0 Å². The molecule has 0 aliphatic carbocycles. The molecule has 19 heavy (non-hydrogen) atoms. The van der Waals surface area contributed by atoms with Gasteiger partial charge in [-0.1, -0.05) is 86.0 Å². The fourth-order valence-corrected chi connectivity index (χ4v) is 2.53. The van der Waals surface area contributed by atoms with Crippen LogP contribution in [0.1, 0.15) is 92.4 Å². The summed E-state index contributed by atoms with van der Waals surface area (Å²) in [6.45, 7) is 14.0. The fraction of sp³-hybridized carbons (Fsp3) is 1.00. The Labute approximate surface area is 122 Å². The Morgan fingerprint density at radius 2 is 1.37 bits per heavy atom. The first-order valence-electron chi connectivity index (χ1n) is 8.68. The number of hydrogen-bond donors (Lipinski definition) is 1. The monoisotopic (exact) mass is 269 g/mol. The molecule has 0 unspecified atom stereocenters. The van der Waals surface area contributed by atoms with Gasteiger partial charge in [-0.2, -0.15) is 0 Å². The maximum atomic E-state index is 3.60. The summed E-state index contributed by atoms with van der Waals surface area (Å²) in [6.07, 6.45) is 12.8. The minimum atomic E-state index is 0.469. The van der Waals surface area contributed by atoms with Gasteiger partial charge in [0.1, 0.15) is 0 Å². The summed E-state index contributed by atoms with van der Waals surface area (Å²) in [6, 6.07) is 0. The SMILES string of the molecule is CCCCCCCCCCC(C)(C)CNCC(C)C. The quantitative estimate of drug-likeness (QED) is 0.417. The molecule has 0 fully saturated rings. The molecule has 0 aromatic rings. The molecule has 0 radical (unpaired) electrons. The van der Waals surface area contributed by atoms with Crippen molar-refractivity contribution in [1.29, 1.82) is 0 Å². The van der Waals surface area contributed by atoms with Crippen molar-refractivity contribution in [2.75, 3.05) is 13.1 Å². The predicted molar refractivity (Wildman–Crippen MR) is 88.7 cm³/mol. The zero-order valence-corrected chi connectivity index (χ0v) is 14.4. The molecule has 1 nitrogen and oxygen atoms in total. The van der Waals surface area contributed by atoms with Gasteiger partial charge in [0, 0.05) is 6.54 Å². The normalized spacial score (nSPS) is 12.3. The standard InChI is InChI=1S/C18H39N/c1-6-7-8-9-10-11-12-13-14-18(4,5)16-19-15-17(2)3/h17,19H,6-16H2,1-5H3. The largest absolute Gasteiger partial charge is 0.316 e. The fourth-order valence-electron chi connectivity index (χ4n) is 2.53. The van der Waals surface area contributed by atoms with Crippen molar-refractivity contribution in [2.24, 2.45) is 11.3 Å². The average Bonchev–Trinajstić information content (AvgIpc) is 2.31. The van der Waals surface area contributed by atoms with E-state index in [1.807, 2.05) is 0 Å². The van der Waals surface area contributed by atoms with Crippen molar-refractivity contribution in [3.63, 3.8) is 0 Å². The molecule has 0 aromatic carbocycles. The van der Waals surface area contributed by atoms with Crippen LogP contribution >= 0.6 is 0 Å². The van der Waals surface area contributed by atoms with Crippen molar-refractivity contribution < 1.29 is 0 Å². The summed E-state index contributed by atoms with van der Waals surface area (Å²) in [4.78, 5) is 0. The lowest BCUT2D eigenvalue weighted by atomic mass is 9.86. The van der Waals surface area contributed by atoms with Crippen LogP contribution in [-0.4, -0.2) is 13.1 Å². The summed E-state index contributed by atoms with van der Waals surface area (Å²) < 4.78 is 0. The summed E-state index contributed by atoms with van der Waals surface area (Å²) in [5.41, 5.74) is 0.469. The van der Waals surface area contributed by atoms with Gasteiger partial charge in [-0.25, -0.2) is 0 Å². The van der Waals surface area contributed by atoms with Crippen LogP contribution < -0.4 is 5.32 Å². The molecule has 116 valence electrons. The van der Waals surface area contributed by atoms with Crippen LogP contribution in [0.15, 0.2) is 0 Å². The summed E-state index contributed by atoms with van der Waals surface area (Å²) >= 11 is 0. The van der Waals surface area contributed by atoms with Gasteiger partial charge in [-0.3, -0.25) is 0 Å². The Morgan fingerprint density at radius 1 is 0.842 bits per heavy atom. The lowest BCUT2D eigenvalue weighted by Gasteiger charge is -2.25. The Bertz CT molecular complexity index is 184. The summed E-state index contributed by atoms with van der Waals surface area (Å²) in [5.74, 6) is 0.763. The van der Waals surface area contributed by atoms with Gasteiger partial charge in [0.25, 0.3) is 0 Å². The van der Waals surface area contributed by atoms with Gasteiger partial charge in [0.15, 0.2) is 0 Å². The van der Waals surface area contributed by atoms with E-state index in [0.29, 0.717) is 5.41 Å². The molecule has 0 saturated heterocycles. The molecule has 0 amide bonds. The second kappa shape index (κ2) is 11.8. The molecule has 0 aromatic heterocycles. The van der Waals surface area contributed by atoms with E-state index in [-0.39, 0.29) is 0 Å². The highest BCUT2D eigenvalue weighted by Gasteiger charge is 2.16. The van der Waals surface area contributed by atoms with E-state index in [9.17, 15) is 0 Å². The highest BCUT2D eigenvalue weighted by atomic mass is 14.9. The molecule has 0 rings (SSSR count). The molecular weight excluding hydrogens is 230 g/mol. The number of rotatable bonds is 13. The van der Waals surface area contributed by atoms with Gasteiger partial charge >= 0.3 is 0 Å². The first kappa shape index (κ1) is 19.0. The van der Waals surface area contributed by atoms with Crippen LogP contribution in [0.4, 0.5) is 0 Å². The van der Waals surface area contributed by atoms with Crippen LogP contribution in [0, 0.1) is 11.3 Å². The second-order valence-corrected chi connectivity index (χ2v) is 7.41. The van der Waals surface area contributed by atoms with Crippen LogP contribution in [0.3, 0.4) is 0 Å². The van der Waals surface area contributed by atoms with Crippen molar-refractivity contribution in [3.05, 3.63) is 0 Å². The highest BCUT2D eigenvalue weighted by Crippen LogP contribution is 2.23. The van der Waals surface area contributed by atoms with Crippen molar-refractivity contribution in [3.8, 4) is 0 Å². The minimum absolute atomic E-state index is 0.469. The molecule has 0 bridgehead atoms. The Balaban J connectivity index is 3.37. The maximum absolute atomic E-state index is 3.60. The van der Waals surface area contributed by atoms with Gasteiger partial charge in [-0.15, -0.1) is 0 Å². The third kappa shape index (κ3) is 14.2. The summed E-state index contributed by atoms with van der Waals surface area (Å²) in [5, 5.41) is 3.60. The van der Waals surface area contributed by atoms with E-state index in [0.717, 1.165) is 12.5 Å². The van der Waals surface area contributed by atoms with Gasteiger partial charge in [0.2, 0.25) is 0 Å². The van der Waals surface area contributed by atoms with Gasteiger partial charge in [-0.05, 0) is 24.3 Å². The van der Waals surface area contributed by atoms with E-state index in [1.165, 1.54) is 64.3 Å². The Morgan fingerprint density at radius 3 is 1.89 bits per heavy atom. The summed E-state index contributed by atoms with van der Waals surface area (Å²) in [7, 11) is 0. The minimum Gasteiger partial charge on any atom is -0.316 e. The topological polar surface area (TPSA) is 12.0 Å². The van der Waals surface area contributed by atoms with Crippen LogP contribution in [0.5, 0.6) is 0 Å². The Hall–Kier alpha value is -0.0400. The maximum Gasteiger partial charge on any atom is 0.000263 e. The average molecular weight is 270 g/mol. The molecule has 0 aliphatic heterocycles. The van der Waals surface area contributed by atoms with E-state index in [4.69, 9.17) is 0 Å². The number of hydrogen-bond acceptors (Lipinski definition) is 1. The van der Waals surface area contributed by atoms with Gasteiger partial charge < -0.3 is 5.32 Å². The first-order chi connectivity index (χ1) is 8.98. The lowest BCUT2D eigenvalue weighted by molar-refractivity contribution is 0.296. The van der Waals surface area contributed by atoms with Crippen molar-refractivity contribution in [1.82, 2.24) is 5.32 Å². The number of nitrogens with one attached hydrogen (secondary N) is 1. The lowest BCUT2D eigenvalue weighted by Crippen LogP contribution is -2.31. The molecule has 1 N–H and O–H groups in total. The Kier molecular flexibility index (Phi) is 11.7. The van der Waals surface area contributed by atoms with E-state index >= 15 is 0 Å². The molecular formula is C18H39N. The zero-order chi connectivity index (χ0) is 14.6. The first-order valence-corrected chi connectivity index (χ1v) is 8.68. The molecule has 0 spiro atoms. The third-order valence-corrected chi connectivity index (χ3v) is 3.86. The smallest absolute Gasteiger partial charge is 0.000263 e. The van der Waals surface area contributed by atoms with Crippen molar-refractivity contribution in [2.45, 2.75) is 92.4 Å². The molecule has 1 heteroatoms. The highest BCUT2D eigenvalue weighted by molar-refractivity contribution is 4.72. The van der Waals surface area contributed by atoms with Crippen LogP contribution in [0.25, 0.3) is 0 Å². The van der Waals surface area contributed by atoms with Crippen LogP contribution in [0.2, 0.25) is 0 Å². The predicted octanol–water partition coefficient (Wildman–Crippen LogP) is 5.79. The molecule has 0 atom stereocenters. The molecule has 0 saturated carbocycles. The molecule has 0 aliphatic rings. The van der Waals surface area contributed by atoms with E-state index < -0.39 is 0 Å². The zero-order valence-electron chi connectivity index (χ0n) is 14.4. The van der Waals surface area contributed by atoms with E-state index in [1.54, 1.807) is 0 Å².